The number of nitriles is 1. The first kappa shape index (κ1) is 40.7. The van der Waals surface area contributed by atoms with Crippen LogP contribution in [0.25, 0.3) is 76.2 Å². The van der Waals surface area contributed by atoms with Gasteiger partial charge >= 0.3 is 0 Å². The zero-order valence-electron chi connectivity index (χ0n) is 42.7. The van der Waals surface area contributed by atoms with Gasteiger partial charge in [0.1, 0.15) is 0 Å². The average molecular weight is 946 g/mol. The first-order chi connectivity index (χ1) is 35.4. The summed E-state index contributed by atoms with van der Waals surface area (Å²) in [6, 6.07) is 43.6. The largest absolute Gasteiger partial charge is 0.308 e. The van der Waals surface area contributed by atoms with Gasteiger partial charge < -0.3 is 8.80 Å². The van der Waals surface area contributed by atoms with Gasteiger partial charge in [0.25, 0.3) is 0 Å². The fourth-order valence-corrected chi connectivity index (χ4v) is 19.1. The van der Waals surface area contributed by atoms with Gasteiger partial charge in [-0.25, -0.2) is 0 Å². The second kappa shape index (κ2) is 13.0. The number of hydrogen-bond donors (Lipinski definition) is 0. The summed E-state index contributed by atoms with van der Waals surface area (Å²) in [5.41, 5.74) is 21.2. The van der Waals surface area contributed by atoms with Crippen LogP contribution in [0.4, 0.5) is 0 Å². The number of hydrogen-bond acceptors (Lipinski definition) is 2. The van der Waals surface area contributed by atoms with E-state index in [0.29, 0.717) is 17.6 Å². The second-order valence-corrected chi connectivity index (χ2v) is 26.6. The molecule has 4 nitrogen and oxygen atoms in total. The molecule has 0 radical (unpaired) electrons. The molecule has 4 heterocycles. The van der Waals surface area contributed by atoms with Crippen molar-refractivity contribution in [1.29, 1.82) is 5.26 Å². The molecule has 10 aliphatic rings. The van der Waals surface area contributed by atoms with Crippen molar-refractivity contribution < 1.29 is 4.79 Å². The van der Waals surface area contributed by atoms with E-state index in [0.717, 1.165) is 60.1 Å². The Hall–Kier alpha value is -6.70. The van der Waals surface area contributed by atoms with E-state index in [4.69, 9.17) is 0 Å². The molecule has 4 heteroatoms. The molecule has 0 unspecified atom stereocenters. The highest BCUT2D eigenvalue weighted by Gasteiger charge is 2.53. The Bertz CT molecular complexity index is 4350. The Morgan fingerprint density at radius 3 is 1.66 bits per heavy atom. The molecule has 21 rings (SSSR count). The lowest BCUT2D eigenvalue weighted by molar-refractivity contribution is -0.00508. The van der Waals surface area contributed by atoms with Crippen LogP contribution < -0.4 is 0 Å². The minimum absolute atomic E-state index is 0.0123. The molecule has 11 aromatic rings. The molecule has 0 atom stereocenters. The van der Waals surface area contributed by atoms with E-state index in [1.165, 1.54) is 154 Å². The van der Waals surface area contributed by atoms with Crippen molar-refractivity contribution in [2.75, 3.05) is 0 Å². The molecule has 73 heavy (non-hydrogen) atoms. The average Bonchev–Trinajstić information content (AvgIpc) is 4.16. The summed E-state index contributed by atoms with van der Waals surface area (Å²) in [6.45, 7) is 11.7. The maximum absolute atomic E-state index is 15.2. The molecule has 4 aromatic heterocycles. The van der Waals surface area contributed by atoms with E-state index in [-0.39, 0.29) is 28.1 Å². The fourth-order valence-electron chi connectivity index (χ4n) is 19.1. The van der Waals surface area contributed by atoms with E-state index in [9.17, 15) is 5.26 Å². The van der Waals surface area contributed by atoms with Gasteiger partial charge in [0.2, 0.25) is 0 Å². The molecule has 5 saturated carbocycles. The highest BCUT2D eigenvalue weighted by Crippen LogP contribution is 2.63. The van der Waals surface area contributed by atoms with Crippen molar-refractivity contribution in [2.45, 2.75) is 127 Å². The summed E-state index contributed by atoms with van der Waals surface area (Å²) >= 11 is 0. The molecule has 0 N–H and O–H groups in total. The van der Waals surface area contributed by atoms with Crippen molar-refractivity contribution in [3.05, 3.63) is 164 Å². The van der Waals surface area contributed by atoms with E-state index < -0.39 is 0 Å². The fraction of sp³-hybridized carbons (Fsp3) is 0.362. The van der Waals surface area contributed by atoms with Crippen LogP contribution in [0.3, 0.4) is 0 Å². The Balaban J connectivity index is 0.990. The van der Waals surface area contributed by atoms with E-state index in [1.807, 2.05) is 0 Å². The van der Waals surface area contributed by atoms with Gasteiger partial charge in [-0.05, 0) is 209 Å². The highest BCUT2D eigenvalue weighted by molar-refractivity contribution is 6.30. The summed E-state index contributed by atoms with van der Waals surface area (Å²) in [7, 11) is 0. The molecule has 7 aromatic carbocycles. The molecule has 0 saturated heterocycles. The number of benzene rings is 7. The lowest BCUT2D eigenvalue weighted by Gasteiger charge is -2.57. The normalized spacial score (nSPS) is 27.8. The maximum atomic E-state index is 15.2. The van der Waals surface area contributed by atoms with Crippen LogP contribution in [0, 0.1) is 40.4 Å². The number of carbonyl (C=O) groups excluding carboxylic acids is 1. The molecule has 0 spiro atoms. The summed E-state index contributed by atoms with van der Waals surface area (Å²) in [6.07, 6.45) is 12.5. The van der Waals surface area contributed by atoms with Crippen LogP contribution in [-0.4, -0.2) is 14.6 Å². The Kier molecular flexibility index (Phi) is 7.24. The lowest BCUT2D eigenvalue weighted by Crippen LogP contribution is -2.48. The maximum Gasteiger partial charge on any atom is 0.169 e. The quantitative estimate of drug-likeness (QED) is 0.173. The van der Waals surface area contributed by atoms with E-state index in [1.54, 1.807) is 5.56 Å². The van der Waals surface area contributed by atoms with Gasteiger partial charge in [-0.15, -0.1) is 0 Å². The summed E-state index contributed by atoms with van der Waals surface area (Å²) in [5.74, 6) is 3.74. The van der Waals surface area contributed by atoms with Crippen molar-refractivity contribution >= 4 is 82.0 Å². The van der Waals surface area contributed by atoms with Gasteiger partial charge in [-0.3, -0.25) is 4.79 Å². The second-order valence-electron chi connectivity index (χ2n) is 26.6. The highest BCUT2D eigenvalue weighted by atomic mass is 16.1. The van der Waals surface area contributed by atoms with E-state index in [2.05, 4.69) is 153 Å². The van der Waals surface area contributed by atoms with Gasteiger partial charge in [0, 0.05) is 65.9 Å². The topological polar surface area (TPSA) is 49.7 Å². The van der Waals surface area contributed by atoms with E-state index >= 15 is 4.79 Å². The lowest BCUT2D eigenvalue weighted by atomic mass is 9.48. The van der Waals surface area contributed by atoms with Crippen molar-refractivity contribution in [1.82, 2.24) is 8.80 Å². The van der Waals surface area contributed by atoms with Gasteiger partial charge in [0.05, 0.1) is 44.7 Å². The summed E-state index contributed by atoms with van der Waals surface area (Å²) in [4.78, 5) is 15.2. The van der Waals surface area contributed by atoms with Crippen LogP contribution >= 0.6 is 0 Å². The predicted molar refractivity (Wildman–Crippen MR) is 297 cm³/mol. The third-order valence-electron chi connectivity index (χ3n) is 22.0. The third kappa shape index (κ3) is 4.69. The minimum Gasteiger partial charge on any atom is -0.308 e. The predicted octanol–water partition coefficient (Wildman–Crippen LogP) is 17.1. The Labute approximate surface area is 425 Å². The number of aromatic nitrogens is 2. The van der Waals surface area contributed by atoms with Crippen LogP contribution in [0.15, 0.2) is 103 Å². The number of rotatable bonds is 2. The number of carbonyl (C=O) groups is 1. The molecule has 10 aliphatic carbocycles. The molecule has 0 aliphatic heterocycles. The van der Waals surface area contributed by atoms with Gasteiger partial charge in [0.15, 0.2) is 5.78 Å². The van der Waals surface area contributed by atoms with Gasteiger partial charge in [-0.1, -0.05) is 83.1 Å². The molecule has 5 fully saturated rings. The minimum atomic E-state index is -0.279. The number of nitrogens with zero attached hydrogens (tertiary/aromatic N) is 3. The molecular weight excluding hydrogens is 887 g/mol. The van der Waals surface area contributed by atoms with Crippen molar-refractivity contribution in [3.63, 3.8) is 0 Å². The smallest absolute Gasteiger partial charge is 0.169 e. The molecule has 8 bridgehead atoms. The van der Waals surface area contributed by atoms with Crippen LogP contribution in [0.1, 0.15) is 183 Å². The molecule has 0 amide bonds. The Morgan fingerprint density at radius 1 is 0.589 bits per heavy atom. The monoisotopic (exact) mass is 945 g/mol. The first-order valence-electron chi connectivity index (χ1n) is 28.1. The SMILES string of the molecule is CC(C)C12CCC(CC1)c1cc3c4cc(C56CC7CC(CC(C7)C5)C6)cc5c6cc7c(cc6n(c3cc1C2=O)c45)c1cc(C(C)(C)C)cc2c3c4c(c(C#N)cc3n7c12)C1c2ccccc2C4c2ccccc21. The zero-order valence-corrected chi connectivity index (χ0v) is 42.7. The number of ketones is 1. The van der Waals surface area contributed by atoms with Crippen LogP contribution in [0.2, 0.25) is 0 Å². The van der Waals surface area contributed by atoms with Crippen LogP contribution in [0.5, 0.6) is 0 Å². The Morgan fingerprint density at radius 2 is 1.10 bits per heavy atom. The third-order valence-corrected chi connectivity index (χ3v) is 22.0. The standard InChI is InChI=1S/C69H59N3O/c1-34(2)69-16-14-38(15-17-69)46-26-47-51-24-41(68-30-35-18-36(31-68)20-37(19-35)32-68)25-52-49-28-56-48(27-55(49)71(64(51)52)57(47)29-53(46)66(69)73)50-22-40(67(3,4)5)23-54-62-58(72(56)65(50)54)21-39(33-70)59-60-42-10-6-8-12-44(42)61(63(59)62)45-13-9-7-11-43(45)60/h6-13,21-29,34-38,60-61H,14-20,30-32H2,1-5H3. The van der Waals surface area contributed by atoms with Gasteiger partial charge in [-0.2, -0.15) is 5.26 Å². The van der Waals surface area contributed by atoms with Crippen molar-refractivity contribution in [2.24, 2.45) is 29.1 Å². The molecular formula is C69H59N3O. The summed E-state index contributed by atoms with van der Waals surface area (Å²) in [5, 5.41) is 21.9. The van der Waals surface area contributed by atoms with Crippen molar-refractivity contribution in [3.8, 4) is 6.07 Å². The van der Waals surface area contributed by atoms with Crippen LogP contribution in [-0.2, 0) is 10.8 Å². The number of Topliss-reactive ketones (excluding diaryl/α,β-unsaturated/α-hetero) is 1. The first-order valence-corrected chi connectivity index (χ1v) is 28.1. The number of fused-ring (bicyclic) bond motifs is 14. The molecule has 356 valence electrons. The summed E-state index contributed by atoms with van der Waals surface area (Å²) < 4.78 is 5.18. The zero-order chi connectivity index (χ0) is 48.5.